The fourth-order valence-electron chi connectivity index (χ4n) is 2.04. The molecule has 0 aliphatic heterocycles. The van der Waals surface area contributed by atoms with Gasteiger partial charge in [0.1, 0.15) is 0 Å². The molecule has 6 heteroatoms. The zero-order chi connectivity index (χ0) is 15.4. The van der Waals surface area contributed by atoms with E-state index in [9.17, 15) is 0 Å². The summed E-state index contributed by atoms with van der Waals surface area (Å²) in [6.07, 6.45) is 1.59. The predicted octanol–water partition coefficient (Wildman–Crippen LogP) is 3.68. The van der Waals surface area contributed by atoms with Gasteiger partial charge < -0.3 is 9.05 Å². The third-order valence-corrected chi connectivity index (χ3v) is 6.14. The summed E-state index contributed by atoms with van der Waals surface area (Å²) in [5.74, 6) is 0.388. The van der Waals surface area contributed by atoms with Gasteiger partial charge in [-0.15, -0.1) is 0 Å². The van der Waals surface area contributed by atoms with E-state index in [0.29, 0.717) is 12.5 Å². The summed E-state index contributed by atoms with van der Waals surface area (Å²) in [4.78, 5) is 8.81. The van der Waals surface area contributed by atoms with Gasteiger partial charge in [-0.1, -0.05) is 30.3 Å². The molecule has 22 heavy (non-hydrogen) atoms. The van der Waals surface area contributed by atoms with Crippen molar-refractivity contribution in [2.45, 2.75) is 6.92 Å². The minimum absolute atomic E-state index is 0.388. The molecule has 0 amide bonds. The molecule has 3 rings (SSSR count). The maximum absolute atomic E-state index is 5.97. The summed E-state index contributed by atoms with van der Waals surface area (Å²) < 4.78 is 11.7. The first-order chi connectivity index (χ1) is 10.7. The van der Waals surface area contributed by atoms with Gasteiger partial charge in [0.05, 0.1) is 23.8 Å². The van der Waals surface area contributed by atoms with Crippen LogP contribution in [0.25, 0.3) is 11.0 Å². The average molecular weight is 330 g/mol. The molecular weight excluding hydrogens is 315 g/mol. The molecular formula is C16H15N2O2PS. The van der Waals surface area contributed by atoms with Gasteiger partial charge in [-0.3, -0.25) is 0 Å². The second-order valence-electron chi connectivity index (χ2n) is 4.54. The lowest BCUT2D eigenvalue weighted by Crippen LogP contribution is -2.12. The molecule has 0 bridgehead atoms. The normalized spacial score (nSPS) is 13.7. The van der Waals surface area contributed by atoms with Crippen molar-refractivity contribution < 1.29 is 9.05 Å². The third kappa shape index (κ3) is 3.17. The van der Waals surface area contributed by atoms with Crippen molar-refractivity contribution in [1.82, 2.24) is 9.97 Å². The highest BCUT2D eigenvalue weighted by Crippen LogP contribution is 2.47. The highest BCUT2D eigenvalue weighted by atomic mass is 32.5. The molecule has 3 aromatic rings. The number of aromatic nitrogens is 2. The van der Waals surface area contributed by atoms with Crippen LogP contribution in [-0.4, -0.2) is 16.6 Å². The number of fused-ring (bicyclic) bond motifs is 1. The molecule has 4 nitrogen and oxygen atoms in total. The van der Waals surface area contributed by atoms with Gasteiger partial charge >= 0.3 is 0 Å². The minimum atomic E-state index is -2.64. The van der Waals surface area contributed by atoms with Gasteiger partial charge in [0.2, 0.25) is 5.88 Å². The number of benzene rings is 2. The van der Waals surface area contributed by atoms with Crippen LogP contribution < -0.4 is 9.83 Å². The summed E-state index contributed by atoms with van der Waals surface area (Å²) in [6.45, 7) is -0.259. The maximum Gasteiger partial charge on any atom is 0.270 e. The van der Waals surface area contributed by atoms with Crippen LogP contribution in [0.1, 0.15) is 6.92 Å². The van der Waals surface area contributed by atoms with E-state index < -0.39 is 6.49 Å². The summed E-state index contributed by atoms with van der Waals surface area (Å²) in [5, 5.41) is 0.863. The first kappa shape index (κ1) is 15.1. The van der Waals surface area contributed by atoms with Crippen molar-refractivity contribution >= 4 is 34.6 Å². The number of nitrogens with zero attached hydrogens (tertiary/aromatic N) is 2. The largest absolute Gasteiger partial charge is 0.420 e. The molecule has 0 aliphatic carbocycles. The molecule has 0 spiro atoms. The summed E-state index contributed by atoms with van der Waals surface area (Å²) >= 11 is 5.67. The fourth-order valence-corrected chi connectivity index (χ4v) is 4.47. The number of para-hydroxylation sites is 2. The van der Waals surface area contributed by atoms with E-state index in [1.54, 1.807) is 6.20 Å². The Morgan fingerprint density at radius 2 is 1.68 bits per heavy atom. The smallest absolute Gasteiger partial charge is 0.270 e. The lowest BCUT2D eigenvalue weighted by molar-refractivity contribution is 0.336. The SMILES string of the molecule is CCOP(=S)(Oc1cnc2ccccc2n1)c1ccccc1. The van der Waals surface area contributed by atoms with Gasteiger partial charge in [0.25, 0.3) is 6.49 Å². The molecule has 1 heterocycles. The van der Waals surface area contributed by atoms with E-state index >= 15 is 0 Å². The van der Waals surface area contributed by atoms with E-state index in [2.05, 4.69) is 9.97 Å². The number of hydrogen-bond acceptors (Lipinski definition) is 5. The Morgan fingerprint density at radius 1 is 1.00 bits per heavy atom. The highest BCUT2D eigenvalue weighted by molar-refractivity contribution is 8.13. The van der Waals surface area contributed by atoms with E-state index in [-0.39, 0.29) is 0 Å². The van der Waals surface area contributed by atoms with Crippen molar-refractivity contribution in [1.29, 1.82) is 0 Å². The summed E-state index contributed by atoms with van der Waals surface area (Å²) in [6, 6.07) is 17.3. The van der Waals surface area contributed by atoms with Crippen LogP contribution in [0, 0.1) is 0 Å². The Balaban J connectivity index is 1.97. The summed E-state index contributed by atoms with van der Waals surface area (Å²) in [5.41, 5.74) is 1.59. The van der Waals surface area contributed by atoms with Crippen molar-refractivity contribution in [3.63, 3.8) is 0 Å². The van der Waals surface area contributed by atoms with E-state index in [0.717, 1.165) is 16.3 Å². The minimum Gasteiger partial charge on any atom is -0.420 e. The standard InChI is InChI=1S/C16H15N2O2PS/c1-2-19-21(22,13-8-4-3-5-9-13)20-16-12-17-14-10-6-7-11-15(14)18-16/h3-12H,2H2,1H3. The van der Waals surface area contributed by atoms with Gasteiger partial charge in [0, 0.05) is 5.30 Å². The third-order valence-electron chi connectivity index (χ3n) is 3.01. The molecule has 1 aromatic heterocycles. The van der Waals surface area contributed by atoms with Crippen LogP contribution in [0.3, 0.4) is 0 Å². The van der Waals surface area contributed by atoms with Gasteiger partial charge in [-0.05, 0) is 43.0 Å². The van der Waals surface area contributed by atoms with Crippen LogP contribution in [0.15, 0.2) is 60.8 Å². The number of rotatable bonds is 5. The topological polar surface area (TPSA) is 44.2 Å². The highest BCUT2D eigenvalue weighted by Gasteiger charge is 2.24. The quantitative estimate of drug-likeness (QED) is 0.668. The van der Waals surface area contributed by atoms with Crippen LogP contribution in [0.2, 0.25) is 0 Å². The Kier molecular flexibility index (Phi) is 4.48. The predicted molar refractivity (Wildman–Crippen MR) is 92.2 cm³/mol. The number of hydrogen-bond donors (Lipinski definition) is 0. The molecule has 2 aromatic carbocycles. The van der Waals surface area contributed by atoms with Crippen molar-refractivity contribution in [2.75, 3.05) is 6.61 Å². The Hall–Kier alpha value is -1.81. The van der Waals surface area contributed by atoms with Crippen molar-refractivity contribution in [3.05, 3.63) is 60.8 Å². The molecule has 0 radical (unpaired) electrons. The second-order valence-corrected chi connectivity index (χ2v) is 7.93. The lowest BCUT2D eigenvalue weighted by atomic mass is 10.3. The van der Waals surface area contributed by atoms with Gasteiger partial charge in [-0.2, -0.15) is 0 Å². The zero-order valence-electron chi connectivity index (χ0n) is 12.0. The van der Waals surface area contributed by atoms with Crippen LogP contribution in [-0.2, 0) is 16.3 Å². The fraction of sp³-hybridized carbons (Fsp3) is 0.125. The molecule has 0 N–H and O–H groups in total. The van der Waals surface area contributed by atoms with Crippen molar-refractivity contribution in [3.8, 4) is 5.88 Å². The summed E-state index contributed by atoms with van der Waals surface area (Å²) in [7, 11) is 0. The Morgan fingerprint density at radius 3 is 2.41 bits per heavy atom. The Labute approximate surface area is 134 Å². The first-order valence-corrected chi connectivity index (χ1v) is 9.57. The molecule has 0 aliphatic rings. The Bertz CT molecular complexity index is 827. The molecule has 0 fully saturated rings. The van der Waals surface area contributed by atoms with Crippen LogP contribution in [0.4, 0.5) is 0 Å². The van der Waals surface area contributed by atoms with E-state index in [4.69, 9.17) is 20.9 Å². The average Bonchev–Trinajstić information content (AvgIpc) is 2.56. The maximum atomic E-state index is 5.97. The van der Waals surface area contributed by atoms with Crippen LogP contribution in [0.5, 0.6) is 5.88 Å². The monoisotopic (exact) mass is 330 g/mol. The van der Waals surface area contributed by atoms with Crippen LogP contribution >= 0.6 is 6.49 Å². The second kappa shape index (κ2) is 6.53. The lowest BCUT2D eigenvalue weighted by Gasteiger charge is -2.21. The molecule has 112 valence electrons. The molecule has 1 atom stereocenters. The molecule has 0 saturated heterocycles. The van der Waals surface area contributed by atoms with E-state index in [1.807, 2.05) is 61.5 Å². The van der Waals surface area contributed by atoms with Gasteiger partial charge in [-0.25, -0.2) is 9.97 Å². The van der Waals surface area contributed by atoms with Gasteiger partial charge in [0.15, 0.2) is 0 Å². The molecule has 0 saturated carbocycles. The van der Waals surface area contributed by atoms with E-state index in [1.165, 1.54) is 0 Å². The zero-order valence-corrected chi connectivity index (χ0v) is 13.8. The van der Waals surface area contributed by atoms with Crippen molar-refractivity contribution in [2.24, 2.45) is 0 Å². The first-order valence-electron chi connectivity index (χ1n) is 6.93. The molecule has 1 unspecified atom stereocenters.